The van der Waals surface area contributed by atoms with E-state index < -0.39 is 5.91 Å². The maximum Gasteiger partial charge on any atom is 0.248 e. The number of primary amides is 1. The molecule has 0 unspecified atom stereocenters. The van der Waals surface area contributed by atoms with Gasteiger partial charge in [-0.2, -0.15) is 0 Å². The minimum Gasteiger partial charge on any atom is -0.399 e. The van der Waals surface area contributed by atoms with Crippen LogP contribution in [-0.4, -0.2) is 11.8 Å². The molecule has 0 fully saturated rings. The summed E-state index contributed by atoms with van der Waals surface area (Å²) in [6.45, 7) is 0. The second-order valence-corrected chi connectivity index (χ2v) is 4.74. The Morgan fingerprint density at radius 1 is 1.05 bits per heavy atom. The van der Waals surface area contributed by atoms with Crippen LogP contribution >= 0.6 is 0 Å². The van der Waals surface area contributed by atoms with E-state index in [4.69, 9.17) is 11.5 Å². The zero-order chi connectivity index (χ0) is 15.2. The largest absolute Gasteiger partial charge is 0.399 e. The number of nitrogens with one attached hydrogen (secondary N) is 1. The van der Waals surface area contributed by atoms with Crippen molar-refractivity contribution >= 4 is 23.2 Å². The van der Waals surface area contributed by atoms with Gasteiger partial charge in [0.25, 0.3) is 0 Å². The first-order valence-corrected chi connectivity index (χ1v) is 6.59. The molecule has 0 heterocycles. The van der Waals surface area contributed by atoms with Gasteiger partial charge in [-0.15, -0.1) is 0 Å². The van der Waals surface area contributed by atoms with Gasteiger partial charge in [-0.05, 0) is 42.3 Å². The summed E-state index contributed by atoms with van der Waals surface area (Å²) in [6, 6.07) is 14.0. The first-order valence-electron chi connectivity index (χ1n) is 6.59. The van der Waals surface area contributed by atoms with Crippen molar-refractivity contribution in [3.63, 3.8) is 0 Å². The fraction of sp³-hybridized carbons (Fsp3) is 0.125. The van der Waals surface area contributed by atoms with Crippen LogP contribution in [0.3, 0.4) is 0 Å². The van der Waals surface area contributed by atoms with Gasteiger partial charge in [0.1, 0.15) is 0 Å². The van der Waals surface area contributed by atoms with E-state index in [1.54, 1.807) is 30.3 Å². The summed E-state index contributed by atoms with van der Waals surface area (Å²) in [7, 11) is 0. The summed E-state index contributed by atoms with van der Waals surface area (Å²) >= 11 is 0. The number of benzene rings is 2. The molecule has 0 saturated heterocycles. The van der Waals surface area contributed by atoms with Crippen LogP contribution in [0.4, 0.5) is 11.4 Å². The van der Waals surface area contributed by atoms with Crippen molar-refractivity contribution in [2.75, 3.05) is 11.1 Å². The Hall–Kier alpha value is -2.82. The Kier molecular flexibility index (Phi) is 4.56. The first-order chi connectivity index (χ1) is 10.0. The fourth-order valence-corrected chi connectivity index (χ4v) is 1.98. The Morgan fingerprint density at radius 3 is 2.52 bits per heavy atom. The van der Waals surface area contributed by atoms with Crippen molar-refractivity contribution < 1.29 is 9.59 Å². The SMILES string of the molecule is NC(=O)c1cccc(NC(=O)CCc2cccc(N)c2)c1. The lowest BCUT2D eigenvalue weighted by Crippen LogP contribution is -2.14. The minimum atomic E-state index is -0.522. The van der Waals surface area contributed by atoms with Gasteiger partial charge in [-0.25, -0.2) is 0 Å². The molecule has 0 saturated carbocycles. The van der Waals surface area contributed by atoms with E-state index in [0.717, 1.165) is 5.56 Å². The summed E-state index contributed by atoms with van der Waals surface area (Å²) in [5, 5.41) is 2.74. The number of nitrogen functional groups attached to an aromatic ring is 1. The zero-order valence-electron chi connectivity index (χ0n) is 11.5. The molecule has 5 nitrogen and oxygen atoms in total. The molecule has 0 aromatic heterocycles. The molecule has 0 aliphatic rings. The molecule has 0 aliphatic carbocycles. The highest BCUT2D eigenvalue weighted by Crippen LogP contribution is 2.12. The van der Waals surface area contributed by atoms with Crippen LogP contribution in [0.5, 0.6) is 0 Å². The highest BCUT2D eigenvalue weighted by atomic mass is 16.2. The molecule has 0 radical (unpaired) electrons. The molecule has 2 aromatic rings. The fourth-order valence-electron chi connectivity index (χ4n) is 1.98. The summed E-state index contributed by atoms with van der Waals surface area (Å²) < 4.78 is 0. The van der Waals surface area contributed by atoms with E-state index in [0.29, 0.717) is 29.8 Å². The topological polar surface area (TPSA) is 98.2 Å². The lowest BCUT2D eigenvalue weighted by atomic mass is 10.1. The predicted octanol–water partition coefficient (Wildman–Crippen LogP) is 1.94. The quantitative estimate of drug-likeness (QED) is 0.731. The van der Waals surface area contributed by atoms with Crippen LogP contribution in [0.15, 0.2) is 48.5 Å². The van der Waals surface area contributed by atoms with E-state index in [9.17, 15) is 9.59 Å². The van der Waals surface area contributed by atoms with Crippen LogP contribution in [0.2, 0.25) is 0 Å². The average Bonchev–Trinajstić information content (AvgIpc) is 2.45. The predicted molar refractivity (Wildman–Crippen MR) is 82.8 cm³/mol. The smallest absolute Gasteiger partial charge is 0.248 e. The lowest BCUT2D eigenvalue weighted by molar-refractivity contribution is -0.116. The van der Waals surface area contributed by atoms with Crippen LogP contribution in [0.1, 0.15) is 22.3 Å². The van der Waals surface area contributed by atoms with Crippen molar-refractivity contribution in [1.29, 1.82) is 0 Å². The van der Waals surface area contributed by atoms with Crippen molar-refractivity contribution in [1.82, 2.24) is 0 Å². The molecular formula is C16H17N3O2. The Balaban J connectivity index is 1.93. The third-order valence-corrected chi connectivity index (χ3v) is 3.02. The van der Waals surface area contributed by atoms with E-state index in [1.165, 1.54) is 0 Å². The third-order valence-electron chi connectivity index (χ3n) is 3.02. The highest BCUT2D eigenvalue weighted by molar-refractivity contribution is 5.96. The number of nitrogens with two attached hydrogens (primary N) is 2. The molecular weight excluding hydrogens is 266 g/mol. The number of hydrogen-bond acceptors (Lipinski definition) is 3. The number of rotatable bonds is 5. The van der Waals surface area contributed by atoms with Crippen LogP contribution in [0, 0.1) is 0 Å². The molecule has 21 heavy (non-hydrogen) atoms. The number of carbonyl (C=O) groups excluding carboxylic acids is 2. The van der Waals surface area contributed by atoms with Gasteiger partial charge in [-0.3, -0.25) is 9.59 Å². The minimum absolute atomic E-state index is 0.126. The van der Waals surface area contributed by atoms with E-state index in [1.807, 2.05) is 18.2 Å². The van der Waals surface area contributed by atoms with Gasteiger partial charge >= 0.3 is 0 Å². The molecule has 5 N–H and O–H groups in total. The maximum atomic E-state index is 11.9. The first kappa shape index (κ1) is 14.6. The summed E-state index contributed by atoms with van der Waals surface area (Å²) in [4.78, 5) is 23.0. The Bertz CT molecular complexity index is 668. The van der Waals surface area contributed by atoms with E-state index in [-0.39, 0.29) is 5.91 Å². The number of hydrogen-bond donors (Lipinski definition) is 3. The number of anilines is 2. The Morgan fingerprint density at radius 2 is 1.81 bits per heavy atom. The van der Waals surface area contributed by atoms with E-state index in [2.05, 4.69) is 5.32 Å². The number of aryl methyl sites for hydroxylation is 1. The molecule has 0 bridgehead atoms. The van der Waals surface area contributed by atoms with Gasteiger partial charge in [0, 0.05) is 23.4 Å². The van der Waals surface area contributed by atoms with Crippen molar-refractivity contribution in [3.8, 4) is 0 Å². The molecule has 2 aromatic carbocycles. The zero-order valence-corrected chi connectivity index (χ0v) is 11.5. The molecule has 0 spiro atoms. The molecule has 5 heteroatoms. The average molecular weight is 283 g/mol. The normalized spacial score (nSPS) is 10.1. The second-order valence-electron chi connectivity index (χ2n) is 4.74. The van der Waals surface area contributed by atoms with Crippen LogP contribution < -0.4 is 16.8 Å². The molecule has 108 valence electrons. The van der Waals surface area contributed by atoms with Gasteiger partial charge in [0.05, 0.1) is 0 Å². The van der Waals surface area contributed by atoms with Gasteiger partial charge < -0.3 is 16.8 Å². The van der Waals surface area contributed by atoms with E-state index >= 15 is 0 Å². The number of amides is 2. The summed E-state index contributed by atoms with van der Waals surface area (Å²) in [6.07, 6.45) is 0.941. The van der Waals surface area contributed by atoms with Gasteiger partial charge in [0.15, 0.2) is 0 Å². The molecule has 2 rings (SSSR count). The van der Waals surface area contributed by atoms with Crippen molar-refractivity contribution in [2.45, 2.75) is 12.8 Å². The number of carbonyl (C=O) groups is 2. The monoisotopic (exact) mass is 283 g/mol. The summed E-state index contributed by atoms with van der Waals surface area (Å²) in [5.41, 5.74) is 13.5. The maximum absolute atomic E-state index is 11.9. The summed E-state index contributed by atoms with van der Waals surface area (Å²) in [5.74, 6) is -0.648. The second kappa shape index (κ2) is 6.56. The van der Waals surface area contributed by atoms with Crippen molar-refractivity contribution in [3.05, 3.63) is 59.7 Å². The molecule has 0 aliphatic heterocycles. The Labute approximate surface area is 123 Å². The van der Waals surface area contributed by atoms with Crippen molar-refractivity contribution in [2.24, 2.45) is 5.73 Å². The van der Waals surface area contributed by atoms with Gasteiger partial charge in [-0.1, -0.05) is 18.2 Å². The highest BCUT2D eigenvalue weighted by Gasteiger charge is 2.06. The standard InChI is InChI=1S/C16H17N3O2/c17-13-5-1-3-11(9-13)7-8-15(20)19-14-6-2-4-12(10-14)16(18)21/h1-6,9-10H,7-8,17H2,(H2,18,21)(H,19,20). The molecule has 2 amide bonds. The third kappa shape index (κ3) is 4.35. The van der Waals surface area contributed by atoms with Crippen LogP contribution in [0.25, 0.3) is 0 Å². The molecule has 0 atom stereocenters. The lowest BCUT2D eigenvalue weighted by Gasteiger charge is -2.07. The van der Waals surface area contributed by atoms with Gasteiger partial charge in [0.2, 0.25) is 11.8 Å². The van der Waals surface area contributed by atoms with Crippen LogP contribution in [-0.2, 0) is 11.2 Å².